The molecule has 21 heavy (non-hydrogen) atoms. The minimum absolute atomic E-state index is 0.0403. The molecule has 1 aromatic rings. The summed E-state index contributed by atoms with van der Waals surface area (Å²) in [4.78, 5) is 12.1. The molecule has 116 valence electrons. The molecule has 1 fully saturated rings. The fraction of sp³-hybridized carbons (Fsp3) is 0.611. The van der Waals surface area contributed by atoms with Crippen molar-refractivity contribution >= 4 is 5.91 Å². The van der Waals surface area contributed by atoms with Crippen molar-refractivity contribution in [1.29, 1.82) is 0 Å². The quantitative estimate of drug-likeness (QED) is 0.845. The molecule has 3 nitrogen and oxygen atoms in total. The topological polar surface area (TPSA) is 55.1 Å². The number of hydrogen-bond acceptors (Lipinski definition) is 2. The molecule has 0 spiro atoms. The Labute approximate surface area is 128 Å². The van der Waals surface area contributed by atoms with Crippen molar-refractivity contribution in [2.24, 2.45) is 17.6 Å². The Morgan fingerprint density at radius 1 is 1.19 bits per heavy atom. The van der Waals surface area contributed by atoms with Gasteiger partial charge in [-0.25, -0.2) is 0 Å². The number of carbonyl (C=O) groups is 1. The zero-order valence-corrected chi connectivity index (χ0v) is 13.1. The highest BCUT2D eigenvalue weighted by Gasteiger charge is 2.18. The number of hydrogen-bond donors (Lipinski definition) is 2. The number of amides is 1. The Hall–Kier alpha value is -1.35. The second-order valence-electron chi connectivity index (χ2n) is 6.41. The first-order valence-electron chi connectivity index (χ1n) is 8.26. The summed E-state index contributed by atoms with van der Waals surface area (Å²) in [7, 11) is 0. The van der Waals surface area contributed by atoms with Gasteiger partial charge in [-0.2, -0.15) is 0 Å². The van der Waals surface area contributed by atoms with Gasteiger partial charge in [-0.05, 0) is 48.9 Å². The van der Waals surface area contributed by atoms with E-state index in [0.29, 0.717) is 6.54 Å². The monoisotopic (exact) mass is 288 g/mol. The van der Waals surface area contributed by atoms with Crippen LogP contribution in [-0.2, 0) is 6.42 Å². The lowest BCUT2D eigenvalue weighted by Gasteiger charge is -2.26. The van der Waals surface area contributed by atoms with Crippen LogP contribution in [0.15, 0.2) is 24.3 Å². The first-order valence-corrected chi connectivity index (χ1v) is 8.26. The Bertz CT molecular complexity index is 433. The minimum atomic E-state index is 0.0403. The maximum atomic E-state index is 12.1. The van der Waals surface area contributed by atoms with Crippen molar-refractivity contribution in [2.75, 3.05) is 13.1 Å². The van der Waals surface area contributed by atoms with E-state index < -0.39 is 0 Å². The van der Waals surface area contributed by atoms with Crippen LogP contribution in [0.4, 0.5) is 0 Å². The zero-order valence-electron chi connectivity index (χ0n) is 13.1. The molecule has 0 unspecified atom stereocenters. The van der Waals surface area contributed by atoms with Crippen molar-refractivity contribution in [3.8, 4) is 0 Å². The van der Waals surface area contributed by atoms with Gasteiger partial charge in [-0.3, -0.25) is 4.79 Å². The molecule has 0 heterocycles. The molecule has 1 amide bonds. The molecule has 2 rings (SSSR count). The van der Waals surface area contributed by atoms with Crippen molar-refractivity contribution in [3.63, 3.8) is 0 Å². The van der Waals surface area contributed by atoms with Crippen LogP contribution in [0.1, 0.15) is 54.9 Å². The molecule has 0 atom stereocenters. The highest BCUT2D eigenvalue weighted by atomic mass is 16.1. The smallest absolute Gasteiger partial charge is 0.251 e. The fourth-order valence-corrected chi connectivity index (χ4v) is 3.10. The summed E-state index contributed by atoms with van der Waals surface area (Å²) in [5.74, 6) is 1.73. The number of nitrogens with one attached hydrogen (secondary N) is 1. The molecule has 0 saturated heterocycles. The molecule has 1 aliphatic rings. The van der Waals surface area contributed by atoms with Gasteiger partial charge in [0.1, 0.15) is 0 Å². The number of rotatable bonds is 6. The lowest BCUT2D eigenvalue weighted by molar-refractivity contribution is 0.0949. The lowest BCUT2D eigenvalue weighted by Crippen LogP contribution is -2.26. The number of benzene rings is 1. The first kappa shape index (κ1) is 16.0. The summed E-state index contributed by atoms with van der Waals surface area (Å²) in [5.41, 5.74) is 7.45. The molecular formula is C18H28N2O. The van der Waals surface area contributed by atoms with E-state index in [1.54, 1.807) is 0 Å². The third-order valence-electron chi connectivity index (χ3n) is 4.62. The third kappa shape index (κ3) is 5.16. The predicted molar refractivity (Wildman–Crippen MR) is 87.3 cm³/mol. The van der Waals surface area contributed by atoms with Gasteiger partial charge >= 0.3 is 0 Å². The van der Waals surface area contributed by atoms with Gasteiger partial charge in [0.15, 0.2) is 0 Å². The SMILES string of the molecule is CC1CCC(CCNC(=O)c2ccc(CCN)cc2)CC1. The molecule has 1 aliphatic carbocycles. The van der Waals surface area contributed by atoms with Gasteiger partial charge in [0.25, 0.3) is 5.91 Å². The first-order chi connectivity index (χ1) is 10.2. The van der Waals surface area contributed by atoms with Crippen LogP contribution < -0.4 is 11.1 Å². The molecule has 0 aromatic heterocycles. The molecule has 0 bridgehead atoms. The van der Waals surface area contributed by atoms with E-state index in [1.165, 1.54) is 31.2 Å². The predicted octanol–water partition coefficient (Wildman–Crippen LogP) is 3.13. The maximum absolute atomic E-state index is 12.1. The summed E-state index contributed by atoms with van der Waals surface area (Å²) in [5, 5.41) is 3.05. The largest absolute Gasteiger partial charge is 0.352 e. The number of nitrogens with two attached hydrogens (primary N) is 1. The van der Waals surface area contributed by atoms with Gasteiger partial charge < -0.3 is 11.1 Å². The average molecular weight is 288 g/mol. The van der Waals surface area contributed by atoms with Crippen LogP contribution in [0.25, 0.3) is 0 Å². The second kappa shape index (κ2) is 8.18. The third-order valence-corrected chi connectivity index (χ3v) is 4.62. The molecular weight excluding hydrogens is 260 g/mol. The van der Waals surface area contributed by atoms with E-state index in [1.807, 2.05) is 24.3 Å². The molecule has 3 heteroatoms. The lowest BCUT2D eigenvalue weighted by atomic mass is 9.81. The normalized spacial score (nSPS) is 22.0. The second-order valence-corrected chi connectivity index (χ2v) is 6.41. The van der Waals surface area contributed by atoms with E-state index in [2.05, 4.69) is 12.2 Å². The summed E-state index contributed by atoms with van der Waals surface area (Å²) in [6.07, 6.45) is 7.32. The molecule has 3 N–H and O–H groups in total. The summed E-state index contributed by atoms with van der Waals surface area (Å²) < 4.78 is 0. The van der Waals surface area contributed by atoms with Gasteiger partial charge in [-0.15, -0.1) is 0 Å². The molecule has 0 aliphatic heterocycles. The van der Waals surface area contributed by atoms with Gasteiger partial charge in [0.05, 0.1) is 0 Å². The molecule has 1 saturated carbocycles. The zero-order chi connectivity index (χ0) is 15.1. The number of carbonyl (C=O) groups excluding carboxylic acids is 1. The Morgan fingerprint density at radius 3 is 2.48 bits per heavy atom. The summed E-state index contributed by atoms with van der Waals surface area (Å²) in [6.45, 7) is 3.78. The van der Waals surface area contributed by atoms with Crippen molar-refractivity contribution < 1.29 is 4.79 Å². The van der Waals surface area contributed by atoms with Crippen molar-refractivity contribution in [2.45, 2.75) is 45.4 Å². The molecule has 1 aromatic carbocycles. The van der Waals surface area contributed by atoms with Crippen LogP contribution in [-0.4, -0.2) is 19.0 Å². The van der Waals surface area contributed by atoms with Crippen LogP contribution >= 0.6 is 0 Å². The van der Waals surface area contributed by atoms with Crippen LogP contribution in [0.2, 0.25) is 0 Å². The van der Waals surface area contributed by atoms with Crippen molar-refractivity contribution in [3.05, 3.63) is 35.4 Å². The maximum Gasteiger partial charge on any atom is 0.251 e. The van der Waals surface area contributed by atoms with E-state index >= 15 is 0 Å². The van der Waals surface area contributed by atoms with Crippen LogP contribution in [0.5, 0.6) is 0 Å². The van der Waals surface area contributed by atoms with E-state index in [4.69, 9.17) is 5.73 Å². The van der Waals surface area contributed by atoms with Crippen molar-refractivity contribution in [1.82, 2.24) is 5.32 Å². The standard InChI is InChI=1S/C18H28N2O/c1-14-2-4-16(5-3-14)11-13-20-18(21)17-8-6-15(7-9-17)10-12-19/h6-9,14,16H,2-5,10-13,19H2,1H3,(H,20,21). The Morgan fingerprint density at radius 2 is 1.86 bits per heavy atom. The average Bonchev–Trinajstić information content (AvgIpc) is 2.50. The van der Waals surface area contributed by atoms with Crippen LogP contribution in [0.3, 0.4) is 0 Å². The van der Waals surface area contributed by atoms with Crippen LogP contribution in [0, 0.1) is 11.8 Å². The van der Waals surface area contributed by atoms with Gasteiger partial charge in [0.2, 0.25) is 0 Å². The minimum Gasteiger partial charge on any atom is -0.352 e. The highest BCUT2D eigenvalue weighted by Crippen LogP contribution is 2.29. The summed E-state index contributed by atoms with van der Waals surface area (Å²) >= 11 is 0. The van der Waals surface area contributed by atoms with E-state index in [0.717, 1.165) is 36.8 Å². The Kier molecular flexibility index (Phi) is 6.24. The Balaban J connectivity index is 1.71. The molecule has 0 radical (unpaired) electrons. The highest BCUT2D eigenvalue weighted by molar-refractivity contribution is 5.94. The van der Waals surface area contributed by atoms with Gasteiger partial charge in [-0.1, -0.05) is 44.7 Å². The summed E-state index contributed by atoms with van der Waals surface area (Å²) in [6, 6.07) is 7.76. The van der Waals surface area contributed by atoms with E-state index in [9.17, 15) is 4.79 Å². The fourth-order valence-electron chi connectivity index (χ4n) is 3.10. The van der Waals surface area contributed by atoms with E-state index in [-0.39, 0.29) is 5.91 Å². The van der Waals surface area contributed by atoms with Gasteiger partial charge in [0, 0.05) is 12.1 Å².